The standard InChI is InChI=1S/C21H24N6O3S2/c1-13(28)25-21-27-18(11-6-14-2-7-16(8-3-14)26-20(22)23)19(31-21)12-15-4-9-17(10-5-15)32(24,29)30/h2-5,7-10H,6,11-12H2,1H3,(H4,22,23,26)(H2,24,29,30)(H,25,27,28). The molecule has 2 aromatic carbocycles. The van der Waals surface area contributed by atoms with Crippen molar-refractivity contribution in [1.82, 2.24) is 4.98 Å². The van der Waals surface area contributed by atoms with E-state index < -0.39 is 10.0 Å². The Morgan fingerprint density at radius 2 is 1.66 bits per heavy atom. The first-order valence-electron chi connectivity index (χ1n) is 9.68. The second-order valence-electron chi connectivity index (χ2n) is 7.17. The number of thiazole rings is 1. The topological polar surface area (TPSA) is 164 Å². The lowest BCUT2D eigenvalue weighted by Gasteiger charge is -2.06. The van der Waals surface area contributed by atoms with Crippen LogP contribution in [0.1, 0.15) is 28.6 Å². The van der Waals surface area contributed by atoms with Crippen LogP contribution in [0.5, 0.6) is 0 Å². The van der Waals surface area contributed by atoms with Crippen molar-refractivity contribution in [1.29, 1.82) is 5.41 Å². The van der Waals surface area contributed by atoms with Gasteiger partial charge >= 0.3 is 0 Å². The highest BCUT2D eigenvalue weighted by Gasteiger charge is 2.14. The van der Waals surface area contributed by atoms with Crippen molar-refractivity contribution in [3.8, 4) is 0 Å². The lowest BCUT2D eigenvalue weighted by Crippen LogP contribution is -2.20. The molecule has 0 fully saturated rings. The maximum absolute atomic E-state index is 11.5. The van der Waals surface area contributed by atoms with Gasteiger partial charge in [0.25, 0.3) is 0 Å². The third-order valence-electron chi connectivity index (χ3n) is 4.56. The molecule has 0 radical (unpaired) electrons. The summed E-state index contributed by atoms with van der Waals surface area (Å²) in [5.74, 6) is -0.310. The van der Waals surface area contributed by atoms with E-state index in [1.807, 2.05) is 24.3 Å². The Bertz CT molecular complexity index is 1220. The summed E-state index contributed by atoms with van der Waals surface area (Å²) in [5, 5.41) is 18.5. The number of nitrogens with one attached hydrogen (secondary N) is 3. The van der Waals surface area contributed by atoms with E-state index in [2.05, 4.69) is 15.6 Å². The summed E-state index contributed by atoms with van der Waals surface area (Å²) in [6.45, 7) is 1.43. The van der Waals surface area contributed by atoms with Crippen LogP contribution in [-0.2, 0) is 34.1 Å². The molecule has 0 aliphatic carbocycles. The van der Waals surface area contributed by atoms with Gasteiger partial charge in [0.2, 0.25) is 15.9 Å². The van der Waals surface area contributed by atoms with Crippen LogP contribution in [0, 0.1) is 5.41 Å². The number of carbonyl (C=O) groups is 1. The molecule has 168 valence electrons. The maximum atomic E-state index is 11.5. The number of primary sulfonamides is 1. The van der Waals surface area contributed by atoms with Gasteiger partial charge in [0.15, 0.2) is 11.1 Å². The number of guanidine groups is 1. The van der Waals surface area contributed by atoms with E-state index in [1.165, 1.54) is 30.4 Å². The Kier molecular flexibility index (Phi) is 7.23. The van der Waals surface area contributed by atoms with Crippen LogP contribution in [0.2, 0.25) is 0 Å². The lowest BCUT2D eigenvalue weighted by atomic mass is 10.0. The maximum Gasteiger partial charge on any atom is 0.238 e. The van der Waals surface area contributed by atoms with Gasteiger partial charge in [0.1, 0.15) is 0 Å². The minimum absolute atomic E-state index is 0.0624. The van der Waals surface area contributed by atoms with Crippen molar-refractivity contribution in [3.05, 3.63) is 70.2 Å². The van der Waals surface area contributed by atoms with Crippen molar-refractivity contribution >= 4 is 44.0 Å². The fraction of sp³-hybridized carbons (Fsp3) is 0.190. The smallest absolute Gasteiger partial charge is 0.238 e. The summed E-state index contributed by atoms with van der Waals surface area (Å²) >= 11 is 1.40. The normalized spacial score (nSPS) is 11.2. The fourth-order valence-electron chi connectivity index (χ4n) is 3.08. The SMILES string of the molecule is CC(=O)Nc1nc(CCc2ccc(NC(=N)N)cc2)c(Cc2ccc(S(N)(=O)=O)cc2)s1. The number of sulfonamides is 1. The van der Waals surface area contributed by atoms with Gasteiger partial charge in [-0.25, -0.2) is 18.5 Å². The van der Waals surface area contributed by atoms with E-state index >= 15 is 0 Å². The second kappa shape index (κ2) is 9.90. The fourth-order valence-corrected chi connectivity index (χ4v) is 4.68. The predicted molar refractivity (Wildman–Crippen MR) is 126 cm³/mol. The molecule has 11 heteroatoms. The number of aryl methyl sites for hydroxylation is 2. The van der Waals surface area contributed by atoms with Gasteiger partial charge < -0.3 is 16.4 Å². The van der Waals surface area contributed by atoms with E-state index in [1.54, 1.807) is 12.1 Å². The minimum atomic E-state index is -3.74. The molecule has 0 atom stereocenters. The van der Waals surface area contributed by atoms with Gasteiger partial charge in [-0.1, -0.05) is 24.3 Å². The average molecular weight is 473 g/mol. The molecule has 0 saturated carbocycles. The van der Waals surface area contributed by atoms with E-state index in [9.17, 15) is 13.2 Å². The summed E-state index contributed by atoms with van der Waals surface area (Å²) in [4.78, 5) is 17.1. The van der Waals surface area contributed by atoms with Crippen LogP contribution < -0.4 is 21.5 Å². The molecule has 1 amide bonds. The van der Waals surface area contributed by atoms with Crippen LogP contribution in [0.25, 0.3) is 0 Å². The van der Waals surface area contributed by atoms with Gasteiger partial charge in [-0.3, -0.25) is 10.2 Å². The Hall–Kier alpha value is -3.28. The molecule has 0 aliphatic heterocycles. The van der Waals surface area contributed by atoms with Gasteiger partial charge in [-0.15, -0.1) is 11.3 Å². The highest BCUT2D eigenvalue weighted by molar-refractivity contribution is 7.89. The number of nitrogens with two attached hydrogens (primary N) is 2. The molecule has 3 aromatic rings. The first-order valence-corrected chi connectivity index (χ1v) is 12.0. The highest BCUT2D eigenvalue weighted by atomic mass is 32.2. The van der Waals surface area contributed by atoms with E-state index in [0.717, 1.165) is 33.8 Å². The molecular formula is C21H24N6O3S2. The number of carbonyl (C=O) groups excluding carboxylic acids is 1. The third kappa shape index (κ3) is 6.61. The van der Waals surface area contributed by atoms with Gasteiger partial charge in [0, 0.05) is 23.9 Å². The van der Waals surface area contributed by atoms with Crippen LogP contribution in [0.15, 0.2) is 53.4 Å². The van der Waals surface area contributed by atoms with E-state index in [4.69, 9.17) is 16.3 Å². The first-order chi connectivity index (χ1) is 15.1. The average Bonchev–Trinajstić information content (AvgIpc) is 3.07. The summed E-state index contributed by atoms with van der Waals surface area (Å²) < 4.78 is 22.9. The number of anilines is 2. The van der Waals surface area contributed by atoms with Crippen LogP contribution >= 0.6 is 11.3 Å². The number of hydrogen-bond acceptors (Lipinski definition) is 6. The lowest BCUT2D eigenvalue weighted by molar-refractivity contribution is -0.114. The highest BCUT2D eigenvalue weighted by Crippen LogP contribution is 2.27. The zero-order valence-corrected chi connectivity index (χ0v) is 19.0. The van der Waals surface area contributed by atoms with Gasteiger partial charge in [-0.2, -0.15) is 0 Å². The molecular weight excluding hydrogens is 448 g/mol. The zero-order valence-electron chi connectivity index (χ0n) is 17.4. The largest absolute Gasteiger partial charge is 0.370 e. The minimum Gasteiger partial charge on any atom is -0.370 e. The van der Waals surface area contributed by atoms with Crippen molar-refractivity contribution in [2.45, 2.75) is 31.1 Å². The van der Waals surface area contributed by atoms with Gasteiger partial charge in [0.05, 0.1) is 10.6 Å². The Morgan fingerprint density at radius 3 is 2.22 bits per heavy atom. The monoisotopic (exact) mass is 472 g/mol. The van der Waals surface area contributed by atoms with Crippen molar-refractivity contribution in [3.63, 3.8) is 0 Å². The molecule has 0 saturated heterocycles. The molecule has 32 heavy (non-hydrogen) atoms. The van der Waals surface area contributed by atoms with Crippen LogP contribution in [0.3, 0.4) is 0 Å². The number of nitrogens with zero attached hydrogens (tertiary/aromatic N) is 1. The molecule has 0 bridgehead atoms. The number of amides is 1. The molecule has 1 heterocycles. The molecule has 9 nitrogen and oxygen atoms in total. The Balaban J connectivity index is 1.76. The quantitative estimate of drug-likeness (QED) is 0.250. The molecule has 1 aromatic heterocycles. The number of aromatic nitrogens is 1. The van der Waals surface area contributed by atoms with E-state index in [-0.39, 0.29) is 16.8 Å². The number of benzene rings is 2. The molecule has 3 rings (SSSR count). The first kappa shape index (κ1) is 23.4. The van der Waals surface area contributed by atoms with Gasteiger partial charge in [-0.05, 0) is 48.2 Å². The van der Waals surface area contributed by atoms with E-state index in [0.29, 0.717) is 18.0 Å². The Morgan fingerprint density at radius 1 is 1.03 bits per heavy atom. The zero-order chi connectivity index (χ0) is 23.3. The third-order valence-corrected chi connectivity index (χ3v) is 6.50. The molecule has 0 spiro atoms. The molecule has 0 aliphatic rings. The molecule has 0 unspecified atom stereocenters. The van der Waals surface area contributed by atoms with Crippen molar-refractivity contribution < 1.29 is 13.2 Å². The van der Waals surface area contributed by atoms with Crippen LogP contribution in [0.4, 0.5) is 10.8 Å². The van der Waals surface area contributed by atoms with Crippen molar-refractivity contribution in [2.24, 2.45) is 10.9 Å². The number of rotatable bonds is 8. The Labute approximate surface area is 190 Å². The summed E-state index contributed by atoms with van der Waals surface area (Å²) in [5.41, 5.74) is 8.97. The van der Waals surface area contributed by atoms with Crippen LogP contribution in [-0.4, -0.2) is 25.3 Å². The van der Waals surface area contributed by atoms with Crippen molar-refractivity contribution in [2.75, 3.05) is 10.6 Å². The number of hydrogen-bond donors (Lipinski definition) is 5. The summed E-state index contributed by atoms with van der Waals surface area (Å²) in [7, 11) is -3.74. The predicted octanol–water partition coefficient (Wildman–Crippen LogP) is 2.43. The molecule has 7 N–H and O–H groups in total. The summed E-state index contributed by atoms with van der Waals surface area (Å²) in [6.07, 6.45) is 1.96. The second-order valence-corrected chi connectivity index (χ2v) is 9.82. The summed E-state index contributed by atoms with van der Waals surface area (Å²) in [6, 6.07) is 14.0.